The zero-order chi connectivity index (χ0) is 18.4. The lowest BCUT2D eigenvalue weighted by Gasteiger charge is -2.36. The number of nitrogens with zero attached hydrogens (tertiary/aromatic N) is 3. The van der Waals surface area contributed by atoms with E-state index >= 15 is 0 Å². The van der Waals surface area contributed by atoms with Gasteiger partial charge in [-0.15, -0.1) is 0 Å². The maximum absolute atomic E-state index is 12.6. The first-order valence-corrected chi connectivity index (χ1v) is 10.1. The van der Waals surface area contributed by atoms with Crippen LogP contribution in [0, 0.1) is 0 Å². The van der Waals surface area contributed by atoms with Crippen molar-refractivity contribution in [1.82, 2.24) is 14.7 Å². The highest BCUT2D eigenvalue weighted by Crippen LogP contribution is 2.20. The van der Waals surface area contributed by atoms with Crippen LogP contribution in [0.4, 0.5) is 0 Å². The van der Waals surface area contributed by atoms with Gasteiger partial charge in [0.2, 0.25) is 5.91 Å². The van der Waals surface area contributed by atoms with Gasteiger partial charge < -0.3 is 14.9 Å². The van der Waals surface area contributed by atoms with Crippen LogP contribution in [0.1, 0.15) is 43.2 Å². The van der Waals surface area contributed by atoms with Crippen molar-refractivity contribution in [3.63, 3.8) is 0 Å². The Bertz CT molecular complexity index is 584. The van der Waals surface area contributed by atoms with Crippen LogP contribution >= 0.6 is 0 Å². The molecule has 5 nitrogen and oxygen atoms in total. The van der Waals surface area contributed by atoms with E-state index in [1.54, 1.807) is 0 Å². The second-order valence-electron chi connectivity index (χ2n) is 7.75. The fourth-order valence-corrected chi connectivity index (χ4v) is 4.22. The highest BCUT2D eigenvalue weighted by molar-refractivity contribution is 5.76. The number of piperidine rings is 1. The van der Waals surface area contributed by atoms with Crippen LogP contribution in [0.2, 0.25) is 0 Å². The SMILES string of the molecule is CN1CCCCC1CCC(=O)N1CCN(Cc2ccccc2CO)CC1. The first-order chi connectivity index (χ1) is 12.7. The van der Waals surface area contributed by atoms with Crippen LogP contribution in [0.25, 0.3) is 0 Å². The number of hydrogen-bond acceptors (Lipinski definition) is 4. The standard InChI is InChI=1S/C21H33N3O2/c1-22-11-5-4-8-20(22)9-10-21(26)24-14-12-23(13-15-24)16-18-6-2-3-7-19(18)17-25/h2-3,6-7,20,25H,4-5,8-17H2,1H3. The zero-order valence-corrected chi connectivity index (χ0v) is 16.1. The normalized spacial score (nSPS) is 22.5. The number of carbonyl (C=O) groups is 1. The summed E-state index contributed by atoms with van der Waals surface area (Å²) in [6.45, 7) is 5.58. The topological polar surface area (TPSA) is 47.0 Å². The fraction of sp³-hybridized carbons (Fsp3) is 0.667. The average molecular weight is 360 g/mol. The van der Waals surface area contributed by atoms with Gasteiger partial charge in [0.15, 0.2) is 0 Å². The van der Waals surface area contributed by atoms with E-state index in [2.05, 4.69) is 22.9 Å². The minimum atomic E-state index is 0.0875. The van der Waals surface area contributed by atoms with Gasteiger partial charge in [-0.05, 0) is 44.0 Å². The molecule has 2 aliphatic rings. The summed E-state index contributed by atoms with van der Waals surface area (Å²) in [6, 6.07) is 8.65. The van der Waals surface area contributed by atoms with Gasteiger partial charge in [0, 0.05) is 45.2 Å². The van der Waals surface area contributed by atoms with Gasteiger partial charge in [0.1, 0.15) is 0 Å². The predicted molar refractivity (Wildman–Crippen MR) is 104 cm³/mol. The first kappa shape index (κ1) is 19.3. The van der Waals surface area contributed by atoms with E-state index in [4.69, 9.17) is 0 Å². The summed E-state index contributed by atoms with van der Waals surface area (Å²) in [5.74, 6) is 0.319. The van der Waals surface area contributed by atoms with Crippen molar-refractivity contribution in [2.24, 2.45) is 0 Å². The van der Waals surface area contributed by atoms with E-state index < -0.39 is 0 Å². The largest absolute Gasteiger partial charge is 0.392 e. The van der Waals surface area contributed by atoms with Crippen molar-refractivity contribution < 1.29 is 9.90 Å². The van der Waals surface area contributed by atoms with Crippen LogP contribution in [0.15, 0.2) is 24.3 Å². The molecular weight excluding hydrogens is 326 g/mol. The highest BCUT2D eigenvalue weighted by Gasteiger charge is 2.24. The minimum Gasteiger partial charge on any atom is -0.392 e. The molecule has 1 aromatic carbocycles. The van der Waals surface area contributed by atoms with Crippen molar-refractivity contribution in [2.75, 3.05) is 39.8 Å². The number of benzene rings is 1. The number of amides is 1. The smallest absolute Gasteiger partial charge is 0.222 e. The van der Waals surface area contributed by atoms with Crippen LogP contribution in [-0.4, -0.2) is 71.5 Å². The molecule has 0 radical (unpaired) electrons. The van der Waals surface area contributed by atoms with Gasteiger partial charge in [-0.25, -0.2) is 0 Å². The molecule has 2 aliphatic heterocycles. The molecule has 5 heteroatoms. The molecule has 3 rings (SSSR count). The summed E-state index contributed by atoms with van der Waals surface area (Å²) in [6.07, 6.45) is 5.52. The molecule has 0 saturated carbocycles. The fourth-order valence-electron chi connectivity index (χ4n) is 4.22. The number of hydrogen-bond donors (Lipinski definition) is 1. The van der Waals surface area contributed by atoms with E-state index in [1.807, 2.05) is 23.1 Å². The van der Waals surface area contributed by atoms with Crippen molar-refractivity contribution in [1.29, 1.82) is 0 Å². The Hall–Kier alpha value is -1.43. The molecule has 144 valence electrons. The average Bonchev–Trinajstić information content (AvgIpc) is 2.68. The molecule has 26 heavy (non-hydrogen) atoms. The Kier molecular flexibility index (Phi) is 7.06. The van der Waals surface area contributed by atoms with E-state index in [0.717, 1.165) is 44.7 Å². The Morgan fingerprint density at radius 1 is 1.08 bits per heavy atom. The van der Waals surface area contributed by atoms with Crippen molar-refractivity contribution in [3.8, 4) is 0 Å². The minimum absolute atomic E-state index is 0.0875. The lowest BCUT2D eigenvalue weighted by Crippen LogP contribution is -2.48. The van der Waals surface area contributed by atoms with Crippen molar-refractivity contribution in [2.45, 2.75) is 51.3 Å². The van der Waals surface area contributed by atoms with E-state index in [0.29, 0.717) is 18.4 Å². The second kappa shape index (κ2) is 9.49. The summed E-state index contributed by atoms with van der Waals surface area (Å²) >= 11 is 0. The molecule has 1 atom stereocenters. The number of carbonyl (C=O) groups excluding carboxylic acids is 1. The maximum atomic E-state index is 12.6. The van der Waals surface area contributed by atoms with Gasteiger partial charge in [0.25, 0.3) is 0 Å². The van der Waals surface area contributed by atoms with Crippen LogP contribution in [0.5, 0.6) is 0 Å². The molecule has 0 spiro atoms. The third kappa shape index (κ3) is 5.06. The molecule has 0 aliphatic carbocycles. The summed E-state index contributed by atoms with van der Waals surface area (Å²) in [5.41, 5.74) is 2.19. The number of piperazine rings is 1. The van der Waals surface area contributed by atoms with Gasteiger partial charge in [-0.3, -0.25) is 9.69 Å². The molecule has 1 aromatic rings. The molecular formula is C21H33N3O2. The summed E-state index contributed by atoms with van der Waals surface area (Å²) < 4.78 is 0. The van der Waals surface area contributed by atoms with E-state index in [1.165, 1.54) is 31.4 Å². The Morgan fingerprint density at radius 2 is 1.81 bits per heavy atom. The van der Waals surface area contributed by atoms with Crippen molar-refractivity contribution in [3.05, 3.63) is 35.4 Å². The number of rotatable bonds is 6. The van der Waals surface area contributed by atoms with Crippen LogP contribution in [-0.2, 0) is 17.9 Å². The molecule has 2 heterocycles. The lowest BCUT2D eigenvalue weighted by molar-refractivity contribution is -0.133. The number of aliphatic hydroxyl groups excluding tert-OH is 1. The van der Waals surface area contributed by atoms with Crippen molar-refractivity contribution >= 4 is 5.91 Å². The van der Waals surface area contributed by atoms with Gasteiger partial charge in [-0.1, -0.05) is 30.7 Å². The summed E-state index contributed by atoms with van der Waals surface area (Å²) in [5, 5.41) is 9.47. The molecule has 1 amide bonds. The summed E-state index contributed by atoms with van der Waals surface area (Å²) in [4.78, 5) is 19.4. The van der Waals surface area contributed by atoms with Gasteiger partial charge in [0.05, 0.1) is 6.61 Å². The molecule has 2 saturated heterocycles. The maximum Gasteiger partial charge on any atom is 0.222 e. The number of aliphatic hydroxyl groups is 1. The summed E-state index contributed by atoms with van der Waals surface area (Å²) in [7, 11) is 2.19. The molecule has 1 N–H and O–H groups in total. The molecule has 1 unspecified atom stereocenters. The van der Waals surface area contributed by atoms with Gasteiger partial charge >= 0.3 is 0 Å². The Balaban J connectivity index is 1.42. The molecule has 2 fully saturated rings. The van der Waals surface area contributed by atoms with E-state index in [9.17, 15) is 9.90 Å². The Labute approximate surface area is 157 Å². The predicted octanol–water partition coefficient (Wildman–Crippen LogP) is 2.09. The number of likely N-dealkylation sites (tertiary alicyclic amines) is 1. The zero-order valence-electron chi connectivity index (χ0n) is 16.1. The lowest BCUT2D eigenvalue weighted by atomic mass is 9.98. The highest BCUT2D eigenvalue weighted by atomic mass is 16.3. The Morgan fingerprint density at radius 3 is 2.50 bits per heavy atom. The molecule has 0 bridgehead atoms. The van der Waals surface area contributed by atoms with Crippen LogP contribution < -0.4 is 0 Å². The monoisotopic (exact) mass is 359 g/mol. The third-order valence-electron chi connectivity index (χ3n) is 6.02. The quantitative estimate of drug-likeness (QED) is 0.845. The third-order valence-corrected chi connectivity index (χ3v) is 6.02. The van der Waals surface area contributed by atoms with Gasteiger partial charge in [-0.2, -0.15) is 0 Å². The van der Waals surface area contributed by atoms with E-state index in [-0.39, 0.29) is 6.61 Å². The second-order valence-corrected chi connectivity index (χ2v) is 7.75. The first-order valence-electron chi connectivity index (χ1n) is 10.1. The van der Waals surface area contributed by atoms with Crippen LogP contribution in [0.3, 0.4) is 0 Å². The molecule has 0 aromatic heterocycles.